The number of benzene rings is 2. The number of nitrogens with zero attached hydrogens (tertiary/aromatic N) is 1. The molecule has 1 aliphatic heterocycles. The van der Waals surface area contributed by atoms with Crippen LogP contribution in [-0.2, 0) is 9.31 Å². The molecule has 1 saturated heterocycles. The average molecular weight is 367 g/mol. The smallest absolute Gasteiger partial charge is 0.399 e. The Morgan fingerprint density at radius 3 is 2.30 bits per heavy atom. The van der Waals surface area contributed by atoms with Crippen molar-refractivity contribution in [1.82, 2.24) is 4.98 Å². The van der Waals surface area contributed by atoms with Crippen molar-refractivity contribution in [3.05, 3.63) is 60.3 Å². The lowest BCUT2D eigenvalue weighted by Gasteiger charge is -2.32. The molecule has 0 spiro atoms. The highest BCUT2D eigenvalue weighted by Crippen LogP contribution is 2.38. The molecule has 1 fully saturated rings. The second kappa shape index (κ2) is 6.11. The molecule has 0 aliphatic carbocycles. The van der Waals surface area contributed by atoms with E-state index in [0.29, 0.717) is 16.5 Å². The minimum Gasteiger partial charge on any atom is -0.399 e. The molecule has 3 nitrogen and oxygen atoms in total. The first-order chi connectivity index (χ1) is 12.7. The third-order valence-corrected chi connectivity index (χ3v) is 5.49. The van der Waals surface area contributed by atoms with E-state index in [1.165, 1.54) is 6.07 Å². The number of hydrogen-bond donors (Lipinski definition) is 0. The van der Waals surface area contributed by atoms with Crippen molar-refractivity contribution < 1.29 is 18.1 Å². The summed E-state index contributed by atoms with van der Waals surface area (Å²) in [6, 6.07) is 11.4. The SMILES string of the molecule is CC1(C)OB(c2cc(F)cc(F)c2-c2cccc3cccnc23)OC1(C)C. The highest BCUT2D eigenvalue weighted by atomic mass is 19.1. The topological polar surface area (TPSA) is 31.4 Å². The Hall–Kier alpha value is -2.31. The summed E-state index contributed by atoms with van der Waals surface area (Å²) in [4.78, 5) is 4.40. The van der Waals surface area contributed by atoms with Gasteiger partial charge >= 0.3 is 7.12 Å². The van der Waals surface area contributed by atoms with E-state index in [2.05, 4.69) is 4.98 Å². The van der Waals surface area contributed by atoms with Gasteiger partial charge in [-0.1, -0.05) is 24.3 Å². The van der Waals surface area contributed by atoms with Gasteiger partial charge in [0, 0.05) is 28.8 Å². The maximum Gasteiger partial charge on any atom is 0.495 e. The van der Waals surface area contributed by atoms with E-state index in [9.17, 15) is 8.78 Å². The predicted molar refractivity (Wildman–Crippen MR) is 103 cm³/mol. The largest absolute Gasteiger partial charge is 0.495 e. The molecule has 0 amide bonds. The van der Waals surface area contributed by atoms with Gasteiger partial charge in [-0.2, -0.15) is 0 Å². The zero-order valence-electron chi connectivity index (χ0n) is 15.7. The van der Waals surface area contributed by atoms with Gasteiger partial charge in [-0.15, -0.1) is 0 Å². The first-order valence-electron chi connectivity index (χ1n) is 8.88. The minimum atomic E-state index is -0.880. The second-order valence-electron chi connectivity index (χ2n) is 7.82. The molecule has 0 bridgehead atoms. The summed E-state index contributed by atoms with van der Waals surface area (Å²) in [6.07, 6.45) is 1.65. The third-order valence-electron chi connectivity index (χ3n) is 5.49. The van der Waals surface area contributed by atoms with Crippen LogP contribution in [-0.4, -0.2) is 23.3 Å². The molecule has 1 aliphatic rings. The normalized spacial score (nSPS) is 18.2. The fourth-order valence-electron chi connectivity index (χ4n) is 3.34. The number of aromatic nitrogens is 1. The Morgan fingerprint density at radius 2 is 1.59 bits per heavy atom. The fraction of sp³-hybridized carbons (Fsp3) is 0.286. The first-order valence-corrected chi connectivity index (χ1v) is 8.88. The molecule has 6 heteroatoms. The van der Waals surface area contributed by atoms with Crippen molar-refractivity contribution in [2.45, 2.75) is 38.9 Å². The van der Waals surface area contributed by atoms with Gasteiger partial charge in [0.2, 0.25) is 0 Å². The molecule has 0 saturated carbocycles. The zero-order valence-corrected chi connectivity index (χ0v) is 15.7. The van der Waals surface area contributed by atoms with Gasteiger partial charge in [0.1, 0.15) is 11.6 Å². The first kappa shape index (κ1) is 18.1. The summed E-state index contributed by atoms with van der Waals surface area (Å²) in [6.45, 7) is 7.62. The van der Waals surface area contributed by atoms with Crippen LogP contribution in [0.15, 0.2) is 48.7 Å². The van der Waals surface area contributed by atoms with Crippen LogP contribution in [0.25, 0.3) is 22.0 Å². The average Bonchev–Trinajstić information content (AvgIpc) is 2.82. The third kappa shape index (κ3) is 2.93. The van der Waals surface area contributed by atoms with Crippen molar-refractivity contribution in [2.75, 3.05) is 0 Å². The van der Waals surface area contributed by atoms with Crippen LogP contribution in [0.2, 0.25) is 0 Å². The van der Waals surface area contributed by atoms with Crippen molar-refractivity contribution >= 4 is 23.5 Å². The summed E-state index contributed by atoms with van der Waals surface area (Å²) < 4.78 is 41.2. The summed E-state index contributed by atoms with van der Waals surface area (Å²) in [5.41, 5.74) is 0.561. The van der Waals surface area contributed by atoms with Crippen LogP contribution in [0.3, 0.4) is 0 Å². The van der Waals surface area contributed by atoms with Crippen LogP contribution in [0.4, 0.5) is 8.78 Å². The maximum atomic E-state index is 15.0. The molecule has 2 heterocycles. The van der Waals surface area contributed by atoms with E-state index in [0.717, 1.165) is 11.5 Å². The van der Waals surface area contributed by atoms with Crippen LogP contribution < -0.4 is 5.46 Å². The van der Waals surface area contributed by atoms with Gasteiger partial charge in [0.05, 0.1) is 16.7 Å². The Morgan fingerprint density at radius 1 is 0.926 bits per heavy atom. The van der Waals surface area contributed by atoms with Crippen LogP contribution in [0, 0.1) is 11.6 Å². The minimum absolute atomic E-state index is 0.249. The van der Waals surface area contributed by atoms with E-state index in [4.69, 9.17) is 9.31 Å². The van der Waals surface area contributed by atoms with Crippen molar-refractivity contribution in [2.24, 2.45) is 0 Å². The Kier molecular flexibility index (Phi) is 4.09. The van der Waals surface area contributed by atoms with Gasteiger partial charge < -0.3 is 9.31 Å². The molecule has 0 atom stereocenters. The number of pyridine rings is 1. The van der Waals surface area contributed by atoms with E-state index >= 15 is 0 Å². The van der Waals surface area contributed by atoms with Crippen LogP contribution in [0.1, 0.15) is 27.7 Å². The molecule has 138 valence electrons. The number of rotatable bonds is 2. The zero-order chi connectivity index (χ0) is 19.4. The Bertz CT molecular complexity index is 1010. The van der Waals surface area contributed by atoms with E-state index in [-0.39, 0.29) is 5.56 Å². The Balaban J connectivity index is 1.95. The summed E-state index contributed by atoms with van der Waals surface area (Å²) >= 11 is 0. The standard InChI is InChI=1S/C21H20BF2NO2/c1-20(2)21(3,4)27-22(26-20)16-11-14(23)12-17(24)18(16)15-9-5-7-13-8-6-10-25-19(13)15/h5-12H,1-4H3. The predicted octanol–water partition coefficient (Wildman–Crippen LogP) is 4.48. The molecule has 0 radical (unpaired) electrons. The number of halogens is 2. The fourth-order valence-corrected chi connectivity index (χ4v) is 3.34. The van der Waals surface area contributed by atoms with Gasteiger partial charge in [-0.3, -0.25) is 4.98 Å². The number of para-hydroxylation sites is 1. The van der Waals surface area contributed by atoms with E-state index in [1.807, 2.05) is 52.0 Å². The van der Waals surface area contributed by atoms with Crippen molar-refractivity contribution in [3.63, 3.8) is 0 Å². The molecule has 0 N–H and O–H groups in total. The highest BCUT2D eigenvalue weighted by molar-refractivity contribution is 6.64. The monoisotopic (exact) mass is 367 g/mol. The molecular formula is C21H20BF2NO2. The molecule has 27 heavy (non-hydrogen) atoms. The van der Waals surface area contributed by atoms with Gasteiger partial charge in [0.15, 0.2) is 0 Å². The number of fused-ring (bicyclic) bond motifs is 1. The molecule has 0 unspecified atom stereocenters. The molecular weight excluding hydrogens is 347 g/mol. The molecule has 2 aromatic carbocycles. The molecule has 4 rings (SSSR count). The van der Waals surface area contributed by atoms with Crippen molar-refractivity contribution in [1.29, 1.82) is 0 Å². The summed E-state index contributed by atoms with van der Waals surface area (Å²) in [5.74, 6) is -1.34. The van der Waals surface area contributed by atoms with Crippen LogP contribution in [0.5, 0.6) is 0 Å². The summed E-state index contributed by atoms with van der Waals surface area (Å²) in [7, 11) is -0.880. The van der Waals surface area contributed by atoms with Crippen molar-refractivity contribution in [3.8, 4) is 11.1 Å². The second-order valence-corrected chi connectivity index (χ2v) is 7.82. The lowest BCUT2D eigenvalue weighted by molar-refractivity contribution is 0.00578. The lowest BCUT2D eigenvalue weighted by Crippen LogP contribution is -2.41. The van der Waals surface area contributed by atoms with E-state index < -0.39 is 30.0 Å². The summed E-state index contributed by atoms with van der Waals surface area (Å²) in [5, 5.41) is 0.874. The lowest BCUT2D eigenvalue weighted by atomic mass is 9.74. The molecule has 3 aromatic rings. The highest BCUT2D eigenvalue weighted by Gasteiger charge is 2.52. The van der Waals surface area contributed by atoms with Crippen LogP contribution >= 0.6 is 0 Å². The van der Waals surface area contributed by atoms with Gasteiger partial charge in [0.25, 0.3) is 0 Å². The number of hydrogen-bond acceptors (Lipinski definition) is 3. The quantitative estimate of drug-likeness (QED) is 0.626. The van der Waals surface area contributed by atoms with Gasteiger partial charge in [-0.05, 0) is 45.3 Å². The maximum absolute atomic E-state index is 15.0. The Labute approximate surface area is 157 Å². The molecule has 1 aromatic heterocycles. The van der Waals surface area contributed by atoms with E-state index in [1.54, 1.807) is 12.3 Å². The van der Waals surface area contributed by atoms with Gasteiger partial charge in [-0.25, -0.2) is 8.78 Å².